The smallest absolute Gasteiger partial charge is 0.475 e. The zero-order valence-corrected chi connectivity index (χ0v) is 23.7. The molecule has 13 heteroatoms. The van der Waals surface area contributed by atoms with Gasteiger partial charge >= 0.3 is 12.1 Å². The standard InChI is InChI=1S/C28H28N4O3S.C2HF3O2/c1-3-7-19-8-6-10-21(16-19)26(32-23-12-13-24-20(17-23)14-15-30-27(24)29)28(33)31-18-22-9-4-5-11-25(22)36(2,34)35;3-2(4,5)1(6)7/h3-6,8-17,26,32H,1,7,18H2,2H3,(H2,29,30)(H,31,33);(H,6,7). The number of anilines is 2. The number of benzene rings is 3. The van der Waals surface area contributed by atoms with E-state index in [0.29, 0.717) is 17.8 Å². The van der Waals surface area contributed by atoms with Crippen LogP contribution >= 0.6 is 0 Å². The fourth-order valence-electron chi connectivity index (χ4n) is 4.12. The second-order valence-electron chi connectivity index (χ2n) is 9.35. The summed E-state index contributed by atoms with van der Waals surface area (Å²) in [5.74, 6) is -2.61. The molecule has 0 aliphatic heterocycles. The predicted molar refractivity (Wildman–Crippen MR) is 158 cm³/mol. The van der Waals surface area contributed by atoms with Crippen molar-refractivity contribution in [1.82, 2.24) is 10.3 Å². The summed E-state index contributed by atoms with van der Waals surface area (Å²) in [6.45, 7) is 3.88. The Hall–Kier alpha value is -4.91. The lowest BCUT2D eigenvalue weighted by Gasteiger charge is -2.21. The Bertz CT molecular complexity index is 1740. The lowest BCUT2D eigenvalue weighted by molar-refractivity contribution is -0.192. The molecule has 0 aliphatic carbocycles. The molecule has 0 fully saturated rings. The molecule has 9 nitrogen and oxygen atoms in total. The van der Waals surface area contributed by atoms with Crippen LogP contribution in [0.15, 0.2) is 96.5 Å². The average molecular weight is 615 g/mol. The molecule has 1 heterocycles. The minimum absolute atomic E-state index is 0.0759. The monoisotopic (exact) mass is 614 g/mol. The number of carbonyl (C=O) groups is 2. The van der Waals surface area contributed by atoms with E-state index in [2.05, 4.69) is 22.2 Å². The Labute approximate surface area is 246 Å². The molecule has 43 heavy (non-hydrogen) atoms. The summed E-state index contributed by atoms with van der Waals surface area (Å²) < 4.78 is 56.1. The highest BCUT2D eigenvalue weighted by Crippen LogP contribution is 2.27. The molecule has 4 rings (SSSR count). The summed E-state index contributed by atoms with van der Waals surface area (Å²) in [7, 11) is -3.43. The van der Waals surface area contributed by atoms with Crippen molar-refractivity contribution in [3.05, 3.63) is 108 Å². The first-order chi connectivity index (χ1) is 20.2. The summed E-state index contributed by atoms with van der Waals surface area (Å²) in [5.41, 5.74) is 9.05. The maximum absolute atomic E-state index is 13.5. The number of nitrogen functional groups attached to an aromatic ring is 1. The van der Waals surface area contributed by atoms with Crippen molar-refractivity contribution in [3.63, 3.8) is 0 Å². The normalized spacial score (nSPS) is 12.0. The lowest BCUT2D eigenvalue weighted by atomic mass is 10.0. The van der Waals surface area contributed by atoms with E-state index >= 15 is 0 Å². The minimum Gasteiger partial charge on any atom is -0.475 e. The Morgan fingerprint density at radius 1 is 1.07 bits per heavy atom. The molecule has 3 aromatic carbocycles. The fraction of sp³-hybridized carbons (Fsp3) is 0.167. The number of carboxylic acid groups (broad SMARTS) is 1. The quantitative estimate of drug-likeness (QED) is 0.191. The van der Waals surface area contributed by atoms with Gasteiger partial charge in [-0.05, 0) is 58.8 Å². The van der Waals surface area contributed by atoms with Gasteiger partial charge < -0.3 is 21.5 Å². The van der Waals surface area contributed by atoms with Crippen molar-refractivity contribution in [3.8, 4) is 0 Å². The summed E-state index contributed by atoms with van der Waals surface area (Å²) in [5, 5.41) is 15.1. The largest absolute Gasteiger partial charge is 0.490 e. The van der Waals surface area contributed by atoms with E-state index in [1.54, 1.807) is 30.5 Å². The summed E-state index contributed by atoms with van der Waals surface area (Å²) in [4.78, 5) is 26.7. The van der Waals surface area contributed by atoms with Crippen molar-refractivity contribution >= 4 is 44.0 Å². The van der Waals surface area contributed by atoms with Gasteiger partial charge in [0.25, 0.3) is 0 Å². The van der Waals surface area contributed by atoms with Gasteiger partial charge in [0.05, 0.1) is 4.90 Å². The van der Waals surface area contributed by atoms with Crippen molar-refractivity contribution in [1.29, 1.82) is 0 Å². The zero-order valence-electron chi connectivity index (χ0n) is 22.9. The molecule has 0 aliphatic rings. The van der Waals surface area contributed by atoms with Gasteiger partial charge in [0.2, 0.25) is 5.91 Å². The Morgan fingerprint density at radius 3 is 2.42 bits per heavy atom. The molecule has 0 spiro atoms. The van der Waals surface area contributed by atoms with E-state index in [1.165, 1.54) is 0 Å². The van der Waals surface area contributed by atoms with Crippen molar-refractivity contribution in [2.75, 3.05) is 17.3 Å². The lowest BCUT2D eigenvalue weighted by Crippen LogP contribution is -2.33. The van der Waals surface area contributed by atoms with Crippen molar-refractivity contribution < 1.29 is 36.3 Å². The number of hydrogen-bond acceptors (Lipinski definition) is 7. The van der Waals surface area contributed by atoms with Crippen molar-refractivity contribution in [2.45, 2.75) is 30.1 Å². The highest BCUT2D eigenvalue weighted by atomic mass is 32.2. The molecule has 1 atom stereocenters. The second-order valence-corrected chi connectivity index (χ2v) is 11.3. The molecule has 0 bridgehead atoms. The number of nitrogens with one attached hydrogen (secondary N) is 2. The first kappa shape index (κ1) is 32.6. The molecule has 226 valence electrons. The van der Waals surface area contributed by atoms with Gasteiger partial charge in [0.15, 0.2) is 9.84 Å². The SMILES string of the molecule is C=CCc1cccc(C(Nc2ccc3c(N)nccc3c2)C(=O)NCc2ccccc2S(C)(=O)=O)c1.O=C(O)C(F)(F)F. The first-order valence-electron chi connectivity index (χ1n) is 12.7. The zero-order chi connectivity index (χ0) is 31.8. The number of nitrogens with zero attached hydrogens (tertiary/aromatic N) is 1. The summed E-state index contributed by atoms with van der Waals surface area (Å²) >= 11 is 0. The second kappa shape index (κ2) is 13.8. The molecular formula is C30H29F3N4O5S. The number of aromatic nitrogens is 1. The Balaban J connectivity index is 0.000000646. The number of nitrogens with two attached hydrogens (primary N) is 1. The third kappa shape index (κ3) is 9.04. The molecule has 1 aromatic heterocycles. The Kier molecular flexibility index (Phi) is 10.5. The number of sulfone groups is 1. The number of hydrogen-bond donors (Lipinski definition) is 4. The third-order valence-electron chi connectivity index (χ3n) is 6.10. The number of pyridine rings is 1. The van der Waals surface area contributed by atoms with Crippen LogP contribution in [-0.4, -0.2) is 42.8 Å². The number of carboxylic acids is 1. The molecule has 4 aromatic rings. The maximum Gasteiger partial charge on any atom is 0.490 e. The highest BCUT2D eigenvalue weighted by Gasteiger charge is 2.38. The predicted octanol–water partition coefficient (Wildman–Crippen LogP) is 5.05. The van der Waals surface area contributed by atoms with Gasteiger partial charge in [0, 0.05) is 30.1 Å². The van der Waals surface area contributed by atoms with E-state index in [4.69, 9.17) is 15.6 Å². The summed E-state index contributed by atoms with van der Waals surface area (Å²) in [6, 6.07) is 21.2. The van der Waals surface area contributed by atoms with Crippen molar-refractivity contribution in [2.24, 2.45) is 0 Å². The minimum atomic E-state index is -5.08. The van der Waals surface area contributed by atoms with Gasteiger partial charge in [-0.15, -0.1) is 6.58 Å². The van der Waals surface area contributed by atoms with E-state index in [0.717, 1.165) is 33.8 Å². The third-order valence-corrected chi connectivity index (χ3v) is 7.30. The van der Waals surface area contributed by atoms with Crippen LogP contribution < -0.4 is 16.4 Å². The number of aliphatic carboxylic acids is 1. The summed E-state index contributed by atoms with van der Waals surface area (Å²) in [6.07, 6.45) is 0.201. The van der Waals surface area contributed by atoms with Crippen LogP contribution in [0.4, 0.5) is 24.7 Å². The van der Waals surface area contributed by atoms with Crippen LogP contribution in [0, 0.1) is 0 Å². The van der Waals surface area contributed by atoms with Crippen LogP contribution in [0.1, 0.15) is 22.7 Å². The molecule has 0 saturated carbocycles. The Morgan fingerprint density at radius 2 is 1.77 bits per heavy atom. The van der Waals surface area contributed by atoms with Crippen LogP contribution in [-0.2, 0) is 32.4 Å². The van der Waals surface area contributed by atoms with Gasteiger partial charge in [-0.3, -0.25) is 4.79 Å². The number of halogens is 3. The average Bonchev–Trinajstić information content (AvgIpc) is 2.94. The van der Waals surface area contributed by atoms with Gasteiger partial charge in [-0.25, -0.2) is 18.2 Å². The van der Waals surface area contributed by atoms with Gasteiger partial charge in [-0.1, -0.05) is 48.5 Å². The molecule has 1 unspecified atom stereocenters. The molecule has 5 N–H and O–H groups in total. The molecule has 0 radical (unpaired) electrons. The van der Waals surface area contributed by atoms with Crippen LogP contribution in [0.25, 0.3) is 10.8 Å². The van der Waals surface area contributed by atoms with Crippen LogP contribution in [0.3, 0.4) is 0 Å². The number of allylic oxidation sites excluding steroid dienone is 1. The molecule has 1 amide bonds. The van der Waals surface area contributed by atoms with Gasteiger partial charge in [-0.2, -0.15) is 13.2 Å². The topological polar surface area (TPSA) is 151 Å². The van der Waals surface area contributed by atoms with E-state index in [-0.39, 0.29) is 17.3 Å². The van der Waals surface area contributed by atoms with E-state index < -0.39 is 28.0 Å². The van der Waals surface area contributed by atoms with Crippen LogP contribution in [0.5, 0.6) is 0 Å². The highest BCUT2D eigenvalue weighted by molar-refractivity contribution is 7.90. The molecular weight excluding hydrogens is 585 g/mol. The van der Waals surface area contributed by atoms with Crippen LogP contribution in [0.2, 0.25) is 0 Å². The fourth-order valence-corrected chi connectivity index (χ4v) is 5.06. The number of fused-ring (bicyclic) bond motifs is 1. The molecule has 0 saturated heterocycles. The maximum atomic E-state index is 13.5. The number of carbonyl (C=O) groups excluding carboxylic acids is 1. The first-order valence-corrected chi connectivity index (χ1v) is 14.6. The number of rotatable bonds is 9. The number of alkyl halides is 3. The van der Waals surface area contributed by atoms with E-state index in [1.807, 2.05) is 54.6 Å². The van der Waals surface area contributed by atoms with Gasteiger partial charge in [0.1, 0.15) is 11.9 Å². The van der Waals surface area contributed by atoms with E-state index in [9.17, 15) is 26.4 Å². The number of amides is 1.